The molecular formula is C23H30N6O3. The molecule has 1 amide bonds. The Hall–Kier alpha value is -3.17. The molecule has 0 unspecified atom stereocenters. The van der Waals surface area contributed by atoms with Gasteiger partial charge in [0.05, 0.1) is 17.1 Å². The van der Waals surface area contributed by atoms with Crippen LogP contribution in [-0.2, 0) is 24.9 Å². The molecule has 1 aliphatic carbocycles. The number of anilines is 1. The van der Waals surface area contributed by atoms with Crippen molar-refractivity contribution in [1.82, 2.24) is 19.4 Å². The van der Waals surface area contributed by atoms with E-state index < -0.39 is 0 Å². The standard InChI is InChI=1S/C23H30N6O3/c1-27(2)9-5-7-25-23(31)19-10-16(13-29(19)14-32-4)26-18-11-17-20-15(6-8-24-17)12-28(3)21(20)22(18)30/h10-13,26H,5-9,14H2,1-4H3,(H,25,31). The van der Waals surface area contributed by atoms with Gasteiger partial charge in [-0.05, 0) is 51.2 Å². The first-order valence-corrected chi connectivity index (χ1v) is 10.8. The number of methoxy groups -OCH3 is 1. The summed E-state index contributed by atoms with van der Waals surface area (Å²) in [6, 6.07) is 1.74. The van der Waals surface area contributed by atoms with Crippen molar-refractivity contribution in [3.63, 3.8) is 0 Å². The van der Waals surface area contributed by atoms with Crippen LogP contribution in [0, 0.1) is 0 Å². The minimum Gasteiger partial charge on any atom is -0.364 e. The molecule has 0 saturated heterocycles. The van der Waals surface area contributed by atoms with Crippen LogP contribution in [-0.4, -0.2) is 72.3 Å². The Morgan fingerprint density at radius 3 is 2.88 bits per heavy atom. The maximum Gasteiger partial charge on any atom is 0.268 e. The molecule has 0 radical (unpaired) electrons. The number of hydrogen-bond acceptors (Lipinski definition) is 6. The Balaban J connectivity index is 1.54. The summed E-state index contributed by atoms with van der Waals surface area (Å²) in [5.41, 5.74) is 5.16. The molecule has 9 nitrogen and oxygen atoms in total. The lowest BCUT2D eigenvalue weighted by Crippen LogP contribution is -2.28. The van der Waals surface area contributed by atoms with Gasteiger partial charge in [0.1, 0.15) is 18.1 Å². The predicted octanol–water partition coefficient (Wildman–Crippen LogP) is 1.65. The number of carbonyl (C=O) groups excluding carboxylic acids is 2. The molecule has 2 aliphatic rings. The highest BCUT2D eigenvalue weighted by Gasteiger charge is 2.32. The summed E-state index contributed by atoms with van der Waals surface area (Å²) in [5.74, 6) is -0.257. The number of carbonyl (C=O) groups is 2. The molecule has 2 N–H and O–H groups in total. The molecule has 0 aromatic carbocycles. The molecule has 9 heteroatoms. The van der Waals surface area contributed by atoms with Gasteiger partial charge in [0.25, 0.3) is 5.91 Å². The summed E-state index contributed by atoms with van der Waals surface area (Å²) < 4.78 is 8.86. The topological polar surface area (TPSA) is 92.9 Å². The smallest absolute Gasteiger partial charge is 0.268 e. The van der Waals surface area contributed by atoms with E-state index in [1.165, 1.54) is 0 Å². The number of aryl methyl sites for hydroxylation is 1. The quantitative estimate of drug-likeness (QED) is 0.581. The number of allylic oxidation sites excluding steroid dienone is 2. The molecule has 0 atom stereocenters. The molecule has 0 spiro atoms. The van der Waals surface area contributed by atoms with Gasteiger partial charge in [-0.3, -0.25) is 14.6 Å². The molecule has 3 heterocycles. The Kier molecular flexibility index (Phi) is 6.29. The van der Waals surface area contributed by atoms with E-state index in [4.69, 9.17) is 4.74 Å². The van der Waals surface area contributed by atoms with Crippen LogP contribution in [0.3, 0.4) is 0 Å². The fourth-order valence-corrected chi connectivity index (χ4v) is 4.22. The fourth-order valence-electron chi connectivity index (χ4n) is 4.22. The van der Waals surface area contributed by atoms with E-state index in [0.717, 1.165) is 36.2 Å². The highest BCUT2D eigenvalue weighted by molar-refractivity contribution is 6.27. The number of aromatic nitrogens is 2. The Bertz CT molecular complexity index is 1110. The first kappa shape index (κ1) is 22.0. The van der Waals surface area contributed by atoms with Gasteiger partial charge in [-0.25, -0.2) is 0 Å². The third-order valence-corrected chi connectivity index (χ3v) is 5.66. The first-order chi connectivity index (χ1) is 15.4. The average molecular weight is 439 g/mol. The number of hydrogen-bond donors (Lipinski definition) is 2. The molecule has 0 saturated carbocycles. The normalized spacial score (nSPS) is 14.8. The summed E-state index contributed by atoms with van der Waals surface area (Å²) in [7, 11) is 7.47. The summed E-state index contributed by atoms with van der Waals surface area (Å²) in [4.78, 5) is 32.6. The van der Waals surface area contributed by atoms with E-state index >= 15 is 0 Å². The van der Waals surface area contributed by atoms with E-state index in [1.807, 2.05) is 38.0 Å². The number of aliphatic imine (C=N–C) groups is 1. The van der Waals surface area contributed by atoms with Gasteiger partial charge in [0.15, 0.2) is 0 Å². The fraction of sp³-hybridized carbons (Fsp3) is 0.435. The second-order valence-electron chi connectivity index (χ2n) is 8.43. The van der Waals surface area contributed by atoms with Crippen LogP contribution in [0.25, 0.3) is 0 Å². The molecular weight excluding hydrogens is 408 g/mol. The Morgan fingerprint density at radius 1 is 1.31 bits per heavy atom. The molecule has 170 valence electrons. The molecule has 0 bridgehead atoms. The summed E-state index contributed by atoms with van der Waals surface area (Å²) in [5, 5.41) is 6.16. The van der Waals surface area contributed by atoms with Crippen LogP contribution in [0.4, 0.5) is 5.69 Å². The van der Waals surface area contributed by atoms with Crippen molar-refractivity contribution in [3.8, 4) is 0 Å². The van der Waals surface area contributed by atoms with Crippen LogP contribution >= 0.6 is 0 Å². The van der Waals surface area contributed by atoms with Crippen LogP contribution in [0.15, 0.2) is 35.2 Å². The molecule has 2 aromatic rings. The van der Waals surface area contributed by atoms with Crippen molar-refractivity contribution in [3.05, 3.63) is 52.7 Å². The molecule has 4 rings (SSSR count). The van der Waals surface area contributed by atoms with E-state index in [2.05, 4.69) is 20.5 Å². The van der Waals surface area contributed by atoms with E-state index in [9.17, 15) is 9.59 Å². The number of amides is 1. The van der Waals surface area contributed by atoms with Crippen LogP contribution in [0.5, 0.6) is 0 Å². The average Bonchev–Trinajstić information content (AvgIpc) is 3.30. The van der Waals surface area contributed by atoms with Crippen molar-refractivity contribution in [2.75, 3.05) is 46.2 Å². The van der Waals surface area contributed by atoms with Crippen LogP contribution in [0.2, 0.25) is 0 Å². The minimum absolute atomic E-state index is 0.0798. The lowest BCUT2D eigenvalue weighted by Gasteiger charge is -2.20. The zero-order valence-corrected chi connectivity index (χ0v) is 19.1. The number of ketones is 1. The zero-order valence-electron chi connectivity index (χ0n) is 19.1. The van der Waals surface area contributed by atoms with Gasteiger partial charge >= 0.3 is 0 Å². The van der Waals surface area contributed by atoms with Gasteiger partial charge < -0.3 is 29.4 Å². The highest BCUT2D eigenvalue weighted by atomic mass is 16.5. The van der Waals surface area contributed by atoms with Crippen molar-refractivity contribution in [2.45, 2.75) is 19.6 Å². The molecule has 0 fully saturated rings. The van der Waals surface area contributed by atoms with E-state index in [-0.39, 0.29) is 18.4 Å². The summed E-state index contributed by atoms with van der Waals surface area (Å²) in [6.07, 6.45) is 7.31. The minimum atomic E-state index is -0.177. The lowest BCUT2D eigenvalue weighted by atomic mass is 9.92. The predicted molar refractivity (Wildman–Crippen MR) is 124 cm³/mol. The second kappa shape index (κ2) is 9.13. The molecule has 1 aliphatic heterocycles. The van der Waals surface area contributed by atoms with Crippen molar-refractivity contribution < 1.29 is 14.3 Å². The SMILES string of the molecule is COCn1cc(NC2=CC3=NCCc4cn(C)c(c43)C2=O)cc1C(=O)NCCCN(C)C. The van der Waals surface area contributed by atoms with E-state index in [0.29, 0.717) is 35.9 Å². The number of nitrogens with one attached hydrogen (secondary N) is 2. The van der Waals surface area contributed by atoms with Crippen molar-refractivity contribution in [1.29, 1.82) is 0 Å². The molecule has 2 aromatic heterocycles. The van der Waals surface area contributed by atoms with Crippen LogP contribution < -0.4 is 10.6 Å². The van der Waals surface area contributed by atoms with E-state index in [1.54, 1.807) is 23.9 Å². The highest BCUT2D eigenvalue weighted by Crippen LogP contribution is 2.30. The lowest BCUT2D eigenvalue weighted by molar-refractivity contribution is 0.0910. The van der Waals surface area contributed by atoms with Crippen molar-refractivity contribution in [2.24, 2.45) is 12.0 Å². The first-order valence-electron chi connectivity index (χ1n) is 10.8. The monoisotopic (exact) mass is 438 g/mol. The van der Waals surface area contributed by atoms with Gasteiger partial charge in [-0.15, -0.1) is 0 Å². The summed E-state index contributed by atoms with van der Waals surface area (Å²) >= 11 is 0. The van der Waals surface area contributed by atoms with Gasteiger partial charge in [-0.1, -0.05) is 0 Å². The maximum absolute atomic E-state index is 13.2. The number of ether oxygens (including phenoxy) is 1. The number of Topliss-reactive ketones (excluding diaryl/α,β-unsaturated/α-hetero) is 1. The Labute approximate surface area is 187 Å². The third kappa shape index (κ3) is 4.26. The number of rotatable bonds is 9. The Morgan fingerprint density at radius 2 is 2.12 bits per heavy atom. The van der Waals surface area contributed by atoms with Crippen molar-refractivity contribution >= 4 is 23.1 Å². The largest absolute Gasteiger partial charge is 0.364 e. The zero-order chi connectivity index (χ0) is 22.8. The maximum atomic E-state index is 13.2. The van der Waals surface area contributed by atoms with Crippen LogP contribution in [0.1, 0.15) is 38.5 Å². The molecule has 32 heavy (non-hydrogen) atoms. The second-order valence-corrected chi connectivity index (χ2v) is 8.43. The van der Waals surface area contributed by atoms with Gasteiger partial charge in [-0.2, -0.15) is 0 Å². The van der Waals surface area contributed by atoms with Gasteiger partial charge in [0.2, 0.25) is 5.78 Å². The summed E-state index contributed by atoms with van der Waals surface area (Å²) in [6.45, 7) is 2.43. The third-order valence-electron chi connectivity index (χ3n) is 5.66. The number of nitrogens with zero attached hydrogens (tertiary/aromatic N) is 4. The van der Waals surface area contributed by atoms with Gasteiger partial charge in [0, 0.05) is 45.2 Å².